The van der Waals surface area contributed by atoms with Crippen molar-refractivity contribution in [3.63, 3.8) is 0 Å². The largest absolute Gasteiger partial charge is 0.482 e. The van der Waals surface area contributed by atoms with Crippen LogP contribution >= 0.6 is 0 Å². The fourth-order valence-electron chi connectivity index (χ4n) is 9.35. The van der Waals surface area contributed by atoms with Crippen LogP contribution in [0.3, 0.4) is 0 Å². The molecule has 55 heavy (non-hydrogen) atoms. The number of fused-ring (bicyclic) bond motifs is 2. The van der Waals surface area contributed by atoms with Crippen LogP contribution in [0, 0.1) is 13.8 Å². The van der Waals surface area contributed by atoms with Crippen LogP contribution < -0.4 is 9.47 Å². The summed E-state index contributed by atoms with van der Waals surface area (Å²) in [5.41, 5.74) is 10.3. The van der Waals surface area contributed by atoms with Crippen molar-refractivity contribution in [2.45, 2.75) is 136 Å². The molecule has 5 nitrogen and oxygen atoms in total. The molecule has 296 valence electrons. The quantitative estimate of drug-likeness (QED) is 0.0655. The number of carbonyl (C=O) groups excluding carboxylic acids is 1. The zero-order valence-electron chi connectivity index (χ0n) is 34.6. The maximum atomic E-state index is 13.6. The maximum absolute atomic E-state index is 13.6. The Hall–Kier alpha value is -3.67. The second kappa shape index (κ2) is 20.5. The number of hydrogen-bond donors (Lipinski definition) is 0. The Morgan fingerprint density at radius 2 is 1.58 bits per heavy atom. The van der Waals surface area contributed by atoms with E-state index in [0.717, 1.165) is 108 Å². The first kappa shape index (κ1) is 41.0. The zero-order valence-corrected chi connectivity index (χ0v) is 34.6. The molecule has 3 aliphatic rings. The fourth-order valence-corrected chi connectivity index (χ4v) is 9.35. The molecule has 3 aliphatic heterocycles. The fraction of sp³-hybridized carbons (Fsp3) is 0.540. The Kier molecular flexibility index (Phi) is 15.3. The first-order chi connectivity index (χ1) is 26.9. The predicted molar refractivity (Wildman–Crippen MR) is 230 cm³/mol. The monoisotopic (exact) mass is 745 g/mol. The summed E-state index contributed by atoms with van der Waals surface area (Å²) in [5.74, 6) is 1.51. The Morgan fingerprint density at radius 3 is 2.35 bits per heavy atom. The smallest absolute Gasteiger partial charge is 0.311 e. The lowest BCUT2D eigenvalue weighted by atomic mass is 9.75. The van der Waals surface area contributed by atoms with Gasteiger partial charge in [0.15, 0.2) is 0 Å². The summed E-state index contributed by atoms with van der Waals surface area (Å²) in [7, 11) is 0. The van der Waals surface area contributed by atoms with Crippen LogP contribution in [0.25, 0.3) is 11.6 Å². The van der Waals surface area contributed by atoms with Gasteiger partial charge in [-0.25, -0.2) is 0 Å². The molecular weight excluding hydrogens is 677 g/mol. The molecule has 0 aliphatic carbocycles. The number of benzene rings is 3. The van der Waals surface area contributed by atoms with Crippen LogP contribution in [0.4, 0.5) is 0 Å². The highest BCUT2D eigenvalue weighted by molar-refractivity contribution is 5.85. The molecule has 0 N–H and O–H groups in total. The van der Waals surface area contributed by atoms with Crippen molar-refractivity contribution in [1.29, 1.82) is 0 Å². The lowest BCUT2D eigenvalue weighted by Crippen LogP contribution is -2.46. The number of unbranched alkanes of at least 4 members (excludes halogenated alkanes) is 4. The molecular formula is C50H68N2O3. The summed E-state index contributed by atoms with van der Waals surface area (Å²) in [4.78, 5) is 18.6. The first-order valence-corrected chi connectivity index (χ1v) is 21.9. The third-order valence-corrected chi connectivity index (χ3v) is 12.4. The van der Waals surface area contributed by atoms with Gasteiger partial charge in [0.1, 0.15) is 17.1 Å². The number of carbonyl (C=O) groups is 1. The van der Waals surface area contributed by atoms with Gasteiger partial charge in [-0.1, -0.05) is 107 Å². The summed E-state index contributed by atoms with van der Waals surface area (Å²) < 4.78 is 13.7. The van der Waals surface area contributed by atoms with E-state index < -0.39 is 0 Å². The molecule has 0 radical (unpaired) electrons. The number of hydrogen-bond acceptors (Lipinski definition) is 5. The normalized spacial score (nSPS) is 17.0. The second-order valence-electron chi connectivity index (χ2n) is 16.6. The van der Waals surface area contributed by atoms with Gasteiger partial charge in [0, 0.05) is 26.1 Å². The van der Waals surface area contributed by atoms with Crippen molar-refractivity contribution in [3.8, 4) is 11.5 Å². The lowest BCUT2D eigenvalue weighted by Gasteiger charge is -2.46. The van der Waals surface area contributed by atoms with Crippen LogP contribution in [0.15, 0.2) is 72.3 Å². The Morgan fingerprint density at radius 1 is 0.836 bits per heavy atom. The summed E-state index contributed by atoms with van der Waals surface area (Å²) >= 11 is 0. The minimum Gasteiger partial charge on any atom is -0.482 e. The van der Waals surface area contributed by atoms with Crippen LogP contribution in [0.2, 0.25) is 0 Å². The molecule has 0 aromatic heterocycles. The van der Waals surface area contributed by atoms with Crippen LogP contribution in [0.5, 0.6) is 11.5 Å². The molecule has 0 spiro atoms. The Bertz CT molecular complexity index is 1750. The maximum Gasteiger partial charge on any atom is 0.311 e. The molecule has 5 heteroatoms. The molecule has 1 saturated heterocycles. The van der Waals surface area contributed by atoms with Gasteiger partial charge >= 0.3 is 5.97 Å². The molecule has 0 amide bonds. The van der Waals surface area contributed by atoms with Gasteiger partial charge < -0.3 is 14.4 Å². The van der Waals surface area contributed by atoms with Crippen LogP contribution in [0.1, 0.15) is 137 Å². The molecule has 0 unspecified atom stereocenters. The molecule has 0 saturated carbocycles. The average molecular weight is 745 g/mol. The SMILES string of the molecule is CCCC1(CCC)Oc2cc(CCCCCCCc3cccc(C)c3C)cc(OC(=O)CCCN3CCCC3)c2C2=C1CCN(CC=Cc1ccccc1)C2. The molecule has 0 atom stereocenters. The van der Waals surface area contributed by atoms with Crippen molar-refractivity contribution in [3.05, 3.63) is 106 Å². The number of nitrogens with zero attached hydrogens (tertiary/aromatic N) is 2. The summed E-state index contributed by atoms with van der Waals surface area (Å²) in [6.07, 6.45) is 21.6. The summed E-state index contributed by atoms with van der Waals surface area (Å²) in [6.45, 7) is 15.0. The van der Waals surface area contributed by atoms with Crippen LogP contribution in [-0.2, 0) is 17.6 Å². The molecule has 0 bridgehead atoms. The van der Waals surface area contributed by atoms with E-state index in [-0.39, 0.29) is 11.6 Å². The van der Waals surface area contributed by atoms with Gasteiger partial charge in [-0.2, -0.15) is 0 Å². The van der Waals surface area contributed by atoms with E-state index >= 15 is 0 Å². The number of ether oxygens (including phenoxy) is 2. The standard InChI is InChI=1S/C50H68N2O3/c1-5-29-50(30-6-2)45-28-35-52(34-18-24-41-21-12-10-13-22-41)38-44(45)49-46(54-48(53)27-19-33-51-31-15-16-32-51)36-42(37-47(49)55-50)23-11-8-7-9-14-25-43-26-17-20-39(3)40(43)4/h10,12-13,17-18,20-22,24,26,36-37H,5-9,11,14-16,19,23,25,27-35,38H2,1-4H3. The van der Waals surface area contributed by atoms with Crippen molar-refractivity contribution in [2.75, 3.05) is 39.3 Å². The Balaban J connectivity index is 1.20. The number of aryl methyl sites for hydroxylation is 3. The topological polar surface area (TPSA) is 42.0 Å². The van der Waals surface area contributed by atoms with Crippen molar-refractivity contribution in [1.82, 2.24) is 9.80 Å². The molecule has 1 fully saturated rings. The highest BCUT2D eigenvalue weighted by Crippen LogP contribution is 2.51. The van der Waals surface area contributed by atoms with E-state index in [0.29, 0.717) is 12.2 Å². The highest BCUT2D eigenvalue weighted by Gasteiger charge is 2.44. The number of esters is 1. The van der Waals surface area contributed by atoms with E-state index in [9.17, 15) is 4.79 Å². The minimum absolute atomic E-state index is 0.123. The summed E-state index contributed by atoms with van der Waals surface area (Å²) in [5, 5.41) is 0. The van der Waals surface area contributed by atoms with Crippen molar-refractivity contribution >= 4 is 17.6 Å². The minimum atomic E-state index is -0.303. The summed E-state index contributed by atoms with van der Waals surface area (Å²) in [6, 6.07) is 21.8. The second-order valence-corrected chi connectivity index (χ2v) is 16.6. The third-order valence-electron chi connectivity index (χ3n) is 12.4. The van der Waals surface area contributed by atoms with E-state index in [1.54, 1.807) is 0 Å². The lowest BCUT2D eigenvalue weighted by molar-refractivity contribution is -0.134. The third kappa shape index (κ3) is 11.0. The van der Waals surface area contributed by atoms with E-state index in [1.807, 2.05) is 0 Å². The highest BCUT2D eigenvalue weighted by atomic mass is 16.5. The van der Waals surface area contributed by atoms with E-state index in [1.165, 1.54) is 77.5 Å². The van der Waals surface area contributed by atoms with Gasteiger partial charge in [-0.3, -0.25) is 9.69 Å². The van der Waals surface area contributed by atoms with Crippen molar-refractivity contribution in [2.24, 2.45) is 0 Å². The predicted octanol–water partition coefficient (Wildman–Crippen LogP) is 11.7. The molecule has 3 heterocycles. The average Bonchev–Trinajstić information content (AvgIpc) is 3.70. The molecule has 3 aromatic carbocycles. The van der Waals surface area contributed by atoms with Gasteiger partial charge in [-0.05, 0) is 149 Å². The Labute approximate surface area is 333 Å². The van der Waals surface area contributed by atoms with Crippen LogP contribution in [-0.4, -0.2) is 60.6 Å². The van der Waals surface area contributed by atoms with Crippen molar-refractivity contribution < 1.29 is 14.3 Å². The van der Waals surface area contributed by atoms with E-state index in [4.69, 9.17) is 9.47 Å². The van der Waals surface area contributed by atoms with Gasteiger partial charge in [0.05, 0.1) is 5.56 Å². The molecule has 6 rings (SSSR count). The molecule has 3 aromatic rings. The zero-order chi connectivity index (χ0) is 38.5. The van der Waals surface area contributed by atoms with Gasteiger partial charge in [-0.15, -0.1) is 0 Å². The first-order valence-electron chi connectivity index (χ1n) is 21.9. The van der Waals surface area contributed by atoms with Gasteiger partial charge in [0.25, 0.3) is 0 Å². The number of rotatable bonds is 20. The van der Waals surface area contributed by atoms with Gasteiger partial charge in [0.2, 0.25) is 0 Å². The number of likely N-dealkylation sites (tertiary alicyclic amines) is 1. The van der Waals surface area contributed by atoms with E-state index in [2.05, 4.69) is 110 Å².